The van der Waals surface area contributed by atoms with Crippen molar-refractivity contribution in [2.75, 3.05) is 24.1 Å². The monoisotopic (exact) mass is 396 g/mol. The van der Waals surface area contributed by atoms with E-state index >= 15 is 0 Å². The fraction of sp³-hybridized carbons (Fsp3) is 0.278. The Morgan fingerprint density at radius 1 is 1.12 bits per heavy atom. The molecule has 0 aliphatic heterocycles. The van der Waals surface area contributed by atoms with Gasteiger partial charge in [-0.05, 0) is 55.3 Å². The van der Waals surface area contributed by atoms with E-state index in [0.29, 0.717) is 29.4 Å². The first-order valence-electron chi connectivity index (χ1n) is 8.08. The van der Waals surface area contributed by atoms with Gasteiger partial charge in [0.25, 0.3) is 5.91 Å². The van der Waals surface area contributed by atoms with Crippen LogP contribution in [0.3, 0.4) is 0 Å². The summed E-state index contributed by atoms with van der Waals surface area (Å²) in [6.07, 6.45) is 2.62. The predicted molar refractivity (Wildman–Crippen MR) is 103 cm³/mol. The number of amides is 1. The number of ether oxygens (including phenoxy) is 1. The zero-order valence-electron chi connectivity index (χ0n) is 14.4. The van der Waals surface area contributed by atoms with Gasteiger partial charge in [0.2, 0.25) is 10.0 Å². The van der Waals surface area contributed by atoms with Gasteiger partial charge in [0.05, 0.1) is 12.9 Å². The summed E-state index contributed by atoms with van der Waals surface area (Å²) in [5, 5.41) is 3.47. The Labute approximate surface area is 158 Å². The summed E-state index contributed by atoms with van der Waals surface area (Å²) in [5.74, 6) is 0.509. The van der Waals surface area contributed by atoms with E-state index in [-0.39, 0.29) is 5.91 Å². The van der Waals surface area contributed by atoms with Crippen molar-refractivity contribution in [3.8, 4) is 5.75 Å². The molecule has 0 saturated carbocycles. The van der Waals surface area contributed by atoms with Crippen molar-refractivity contribution < 1.29 is 17.9 Å². The van der Waals surface area contributed by atoms with Gasteiger partial charge in [-0.25, -0.2) is 8.42 Å². The standard InChI is InChI=1S/C18H21ClN2O4S/c1-26(23,24)21-16-6-4-5-14(13-16)18(22)20-11-2-3-12-25-17-9-7-15(19)8-10-17/h4-10,13,21H,2-3,11-12H2,1H3,(H,20,22). The number of unbranched alkanes of at least 4 members (excludes halogenated alkanes) is 1. The number of nitrogens with one attached hydrogen (secondary N) is 2. The fourth-order valence-corrected chi connectivity index (χ4v) is 2.87. The van der Waals surface area contributed by atoms with Gasteiger partial charge in [-0.1, -0.05) is 17.7 Å². The zero-order chi connectivity index (χ0) is 19.0. The number of sulfonamides is 1. The van der Waals surface area contributed by atoms with Gasteiger partial charge in [0.15, 0.2) is 0 Å². The van der Waals surface area contributed by atoms with E-state index in [9.17, 15) is 13.2 Å². The molecule has 0 heterocycles. The molecule has 2 rings (SSSR count). The molecule has 6 nitrogen and oxygen atoms in total. The Balaban J connectivity index is 1.70. The molecule has 0 fully saturated rings. The fourth-order valence-electron chi connectivity index (χ4n) is 2.19. The van der Waals surface area contributed by atoms with E-state index in [1.807, 2.05) is 12.1 Å². The second-order valence-corrected chi connectivity index (χ2v) is 7.91. The van der Waals surface area contributed by atoms with Crippen LogP contribution in [0.25, 0.3) is 0 Å². The number of carbonyl (C=O) groups excluding carboxylic acids is 1. The van der Waals surface area contributed by atoms with Crippen molar-refractivity contribution in [3.63, 3.8) is 0 Å². The molecule has 0 atom stereocenters. The Morgan fingerprint density at radius 2 is 1.85 bits per heavy atom. The van der Waals surface area contributed by atoms with Crippen LogP contribution in [0.2, 0.25) is 5.02 Å². The van der Waals surface area contributed by atoms with Crippen molar-refractivity contribution in [2.45, 2.75) is 12.8 Å². The van der Waals surface area contributed by atoms with Crippen LogP contribution in [0.1, 0.15) is 23.2 Å². The molecule has 0 aliphatic rings. The third-order valence-corrected chi connectivity index (χ3v) is 4.23. The summed E-state index contributed by atoms with van der Waals surface area (Å²) in [6.45, 7) is 1.05. The van der Waals surface area contributed by atoms with Gasteiger partial charge in [0.1, 0.15) is 5.75 Å². The Hall–Kier alpha value is -2.25. The molecule has 0 aliphatic carbocycles. The number of benzene rings is 2. The number of halogens is 1. The smallest absolute Gasteiger partial charge is 0.251 e. The first-order valence-corrected chi connectivity index (χ1v) is 10.3. The lowest BCUT2D eigenvalue weighted by atomic mass is 10.2. The predicted octanol–water partition coefficient (Wildman–Crippen LogP) is 3.30. The van der Waals surface area contributed by atoms with Crippen LogP contribution in [0, 0.1) is 0 Å². The molecule has 140 valence electrons. The maximum atomic E-state index is 12.1. The van der Waals surface area contributed by atoms with Crippen LogP contribution in [-0.2, 0) is 10.0 Å². The van der Waals surface area contributed by atoms with Crippen molar-refractivity contribution in [3.05, 3.63) is 59.1 Å². The first kappa shape index (κ1) is 20.1. The average Bonchev–Trinajstić information content (AvgIpc) is 2.58. The molecule has 0 unspecified atom stereocenters. The number of carbonyl (C=O) groups is 1. The highest BCUT2D eigenvalue weighted by atomic mass is 35.5. The van der Waals surface area contributed by atoms with E-state index in [0.717, 1.165) is 24.8 Å². The lowest BCUT2D eigenvalue weighted by Gasteiger charge is -2.09. The number of hydrogen-bond donors (Lipinski definition) is 2. The summed E-state index contributed by atoms with van der Waals surface area (Å²) >= 11 is 5.81. The van der Waals surface area contributed by atoms with Gasteiger partial charge in [-0.3, -0.25) is 9.52 Å². The minimum atomic E-state index is -3.38. The zero-order valence-corrected chi connectivity index (χ0v) is 15.9. The lowest BCUT2D eigenvalue weighted by molar-refractivity contribution is 0.0952. The van der Waals surface area contributed by atoms with Crippen molar-refractivity contribution >= 4 is 33.2 Å². The quantitative estimate of drug-likeness (QED) is 0.637. The molecule has 8 heteroatoms. The van der Waals surface area contributed by atoms with Crippen LogP contribution in [0.4, 0.5) is 5.69 Å². The van der Waals surface area contributed by atoms with E-state index < -0.39 is 10.0 Å². The minimum Gasteiger partial charge on any atom is -0.494 e. The van der Waals surface area contributed by atoms with Crippen LogP contribution in [0.15, 0.2) is 48.5 Å². The molecular formula is C18H21ClN2O4S. The highest BCUT2D eigenvalue weighted by molar-refractivity contribution is 7.92. The molecule has 2 N–H and O–H groups in total. The molecule has 26 heavy (non-hydrogen) atoms. The minimum absolute atomic E-state index is 0.249. The summed E-state index contributed by atoms with van der Waals surface area (Å²) in [6, 6.07) is 13.5. The number of anilines is 1. The molecule has 2 aromatic carbocycles. The molecule has 0 radical (unpaired) electrons. The van der Waals surface area contributed by atoms with Crippen LogP contribution >= 0.6 is 11.6 Å². The molecule has 1 amide bonds. The van der Waals surface area contributed by atoms with Gasteiger partial charge in [0, 0.05) is 22.8 Å². The molecule has 0 aromatic heterocycles. The Kier molecular flexibility index (Phi) is 7.29. The largest absolute Gasteiger partial charge is 0.494 e. The third-order valence-electron chi connectivity index (χ3n) is 3.37. The first-order chi connectivity index (χ1) is 12.3. The van der Waals surface area contributed by atoms with Gasteiger partial charge >= 0.3 is 0 Å². The van der Waals surface area contributed by atoms with Crippen LogP contribution < -0.4 is 14.8 Å². The Bertz CT molecular complexity index is 839. The van der Waals surface area contributed by atoms with E-state index in [1.165, 1.54) is 6.07 Å². The van der Waals surface area contributed by atoms with Crippen molar-refractivity contribution in [1.82, 2.24) is 5.32 Å². The number of rotatable bonds is 9. The van der Waals surface area contributed by atoms with Gasteiger partial charge < -0.3 is 10.1 Å². The normalized spacial score (nSPS) is 11.0. The maximum Gasteiger partial charge on any atom is 0.251 e. The summed E-state index contributed by atoms with van der Waals surface area (Å²) in [5.41, 5.74) is 0.757. The summed E-state index contributed by atoms with van der Waals surface area (Å²) in [7, 11) is -3.38. The second-order valence-electron chi connectivity index (χ2n) is 5.72. The molecule has 0 saturated heterocycles. The van der Waals surface area contributed by atoms with E-state index in [2.05, 4.69) is 10.0 Å². The lowest BCUT2D eigenvalue weighted by Crippen LogP contribution is -2.24. The van der Waals surface area contributed by atoms with E-state index in [4.69, 9.17) is 16.3 Å². The Morgan fingerprint density at radius 3 is 2.54 bits per heavy atom. The summed E-state index contributed by atoms with van der Waals surface area (Å²) in [4.78, 5) is 12.1. The second kappa shape index (κ2) is 9.45. The molecular weight excluding hydrogens is 376 g/mol. The average molecular weight is 397 g/mol. The van der Waals surface area contributed by atoms with Crippen LogP contribution in [0.5, 0.6) is 5.75 Å². The SMILES string of the molecule is CS(=O)(=O)Nc1cccc(C(=O)NCCCCOc2ccc(Cl)cc2)c1. The third kappa shape index (κ3) is 7.33. The molecule has 0 spiro atoms. The highest BCUT2D eigenvalue weighted by Crippen LogP contribution is 2.15. The molecule has 0 bridgehead atoms. The maximum absolute atomic E-state index is 12.1. The van der Waals surface area contributed by atoms with Gasteiger partial charge in [-0.15, -0.1) is 0 Å². The topological polar surface area (TPSA) is 84.5 Å². The summed E-state index contributed by atoms with van der Waals surface area (Å²) < 4.78 is 30.4. The highest BCUT2D eigenvalue weighted by Gasteiger charge is 2.07. The van der Waals surface area contributed by atoms with Crippen molar-refractivity contribution in [1.29, 1.82) is 0 Å². The molecule has 2 aromatic rings. The van der Waals surface area contributed by atoms with Crippen molar-refractivity contribution in [2.24, 2.45) is 0 Å². The van der Waals surface area contributed by atoms with Crippen LogP contribution in [-0.4, -0.2) is 33.7 Å². The van der Waals surface area contributed by atoms with Gasteiger partial charge in [-0.2, -0.15) is 0 Å². The van der Waals surface area contributed by atoms with E-state index in [1.54, 1.807) is 30.3 Å². The number of hydrogen-bond acceptors (Lipinski definition) is 4.